The largest absolute Gasteiger partial charge is 0.465 e. The molecule has 0 aromatic heterocycles. The first-order valence-electron chi connectivity index (χ1n) is 9.99. The molecule has 0 saturated carbocycles. The molecule has 7 heteroatoms. The third-order valence-corrected chi connectivity index (χ3v) is 5.71. The quantitative estimate of drug-likeness (QED) is 0.753. The lowest BCUT2D eigenvalue weighted by Gasteiger charge is -2.38. The molecule has 2 unspecified atom stereocenters. The maximum atomic E-state index is 12.9. The highest BCUT2D eigenvalue weighted by atomic mass is 19.1. The summed E-state index contributed by atoms with van der Waals surface area (Å²) in [5.74, 6) is 0.689. The minimum Gasteiger partial charge on any atom is -0.465 e. The van der Waals surface area contributed by atoms with E-state index in [1.807, 2.05) is 0 Å². The van der Waals surface area contributed by atoms with Gasteiger partial charge in [0.15, 0.2) is 0 Å². The van der Waals surface area contributed by atoms with Crippen molar-refractivity contribution in [2.45, 2.75) is 64.5 Å². The number of halogens is 1. The highest BCUT2D eigenvalue weighted by molar-refractivity contribution is 5.78. The predicted molar refractivity (Wildman–Crippen MR) is 98.9 cm³/mol. The van der Waals surface area contributed by atoms with Crippen LogP contribution in [0.2, 0.25) is 0 Å². The van der Waals surface area contributed by atoms with Crippen LogP contribution in [-0.4, -0.2) is 71.8 Å². The third kappa shape index (κ3) is 5.83. The maximum Gasteiger partial charge on any atom is 0.407 e. The second kappa shape index (κ2) is 10.1. The van der Waals surface area contributed by atoms with Gasteiger partial charge in [0.05, 0.1) is 6.67 Å². The Bertz CT molecular complexity index is 467. The molecule has 2 amide bonds. The smallest absolute Gasteiger partial charge is 0.407 e. The molecule has 2 N–H and O–H groups in total. The van der Waals surface area contributed by atoms with E-state index in [-0.39, 0.29) is 30.3 Å². The van der Waals surface area contributed by atoms with Gasteiger partial charge in [0, 0.05) is 31.1 Å². The molecular formula is C19H34FN3O3. The van der Waals surface area contributed by atoms with Crippen molar-refractivity contribution >= 4 is 12.0 Å². The lowest BCUT2D eigenvalue weighted by molar-refractivity contribution is -0.126. The SMILES string of the molecule is CC(C)CNC(=O)C1CCN(C2CCCN(C(=O)O)C(CCF)C2)CC1. The van der Waals surface area contributed by atoms with E-state index in [0.29, 0.717) is 18.9 Å². The van der Waals surface area contributed by atoms with Crippen LogP contribution in [0.1, 0.15) is 52.4 Å². The van der Waals surface area contributed by atoms with E-state index in [0.717, 1.165) is 45.3 Å². The molecule has 26 heavy (non-hydrogen) atoms. The first-order chi connectivity index (χ1) is 12.4. The van der Waals surface area contributed by atoms with Crippen LogP contribution in [0.15, 0.2) is 0 Å². The van der Waals surface area contributed by atoms with Crippen LogP contribution in [0.4, 0.5) is 9.18 Å². The Hall–Kier alpha value is -1.37. The Morgan fingerprint density at radius 1 is 1.19 bits per heavy atom. The van der Waals surface area contributed by atoms with Crippen LogP contribution in [-0.2, 0) is 4.79 Å². The predicted octanol–water partition coefficient (Wildman–Crippen LogP) is 2.73. The van der Waals surface area contributed by atoms with Gasteiger partial charge < -0.3 is 20.2 Å². The van der Waals surface area contributed by atoms with Gasteiger partial charge >= 0.3 is 6.09 Å². The summed E-state index contributed by atoms with van der Waals surface area (Å²) < 4.78 is 12.9. The fourth-order valence-electron chi connectivity index (χ4n) is 4.20. The molecular weight excluding hydrogens is 337 g/mol. The zero-order valence-electron chi connectivity index (χ0n) is 16.1. The van der Waals surface area contributed by atoms with Crippen molar-refractivity contribution in [3.63, 3.8) is 0 Å². The molecule has 2 atom stereocenters. The molecule has 2 aliphatic heterocycles. The van der Waals surface area contributed by atoms with Crippen LogP contribution < -0.4 is 5.32 Å². The number of alkyl halides is 1. The second-order valence-corrected chi connectivity index (χ2v) is 8.09. The normalized spacial score (nSPS) is 25.9. The van der Waals surface area contributed by atoms with Crippen molar-refractivity contribution in [2.24, 2.45) is 11.8 Å². The van der Waals surface area contributed by atoms with Crippen molar-refractivity contribution in [1.29, 1.82) is 0 Å². The Morgan fingerprint density at radius 3 is 2.46 bits per heavy atom. The molecule has 2 rings (SSSR count). The van der Waals surface area contributed by atoms with Crippen LogP contribution >= 0.6 is 0 Å². The average molecular weight is 371 g/mol. The number of hydrogen-bond acceptors (Lipinski definition) is 3. The summed E-state index contributed by atoms with van der Waals surface area (Å²) in [6.07, 6.45) is 3.47. The zero-order chi connectivity index (χ0) is 19.1. The van der Waals surface area contributed by atoms with Gasteiger partial charge in [-0.05, 0) is 57.5 Å². The number of piperidine rings is 1. The summed E-state index contributed by atoms with van der Waals surface area (Å²) in [6, 6.07) is 0.0487. The van der Waals surface area contributed by atoms with Crippen molar-refractivity contribution < 1.29 is 19.1 Å². The van der Waals surface area contributed by atoms with E-state index < -0.39 is 12.8 Å². The van der Waals surface area contributed by atoms with E-state index >= 15 is 0 Å². The minimum atomic E-state index is -0.940. The van der Waals surface area contributed by atoms with E-state index in [1.54, 1.807) is 0 Å². The average Bonchev–Trinajstić information content (AvgIpc) is 2.83. The molecule has 0 spiro atoms. The Morgan fingerprint density at radius 2 is 1.88 bits per heavy atom. The van der Waals surface area contributed by atoms with Crippen molar-refractivity contribution in [2.75, 3.05) is 32.9 Å². The number of nitrogens with zero attached hydrogens (tertiary/aromatic N) is 2. The molecule has 2 saturated heterocycles. The van der Waals surface area contributed by atoms with E-state index in [9.17, 15) is 19.1 Å². The van der Waals surface area contributed by atoms with E-state index in [1.165, 1.54) is 4.90 Å². The number of amides is 2. The van der Waals surface area contributed by atoms with Gasteiger partial charge in [0.2, 0.25) is 5.91 Å². The fraction of sp³-hybridized carbons (Fsp3) is 0.895. The van der Waals surface area contributed by atoms with Gasteiger partial charge in [-0.25, -0.2) is 4.79 Å². The monoisotopic (exact) mass is 371 g/mol. The van der Waals surface area contributed by atoms with Crippen LogP contribution in [0, 0.1) is 11.8 Å². The van der Waals surface area contributed by atoms with Gasteiger partial charge in [-0.1, -0.05) is 13.8 Å². The third-order valence-electron chi connectivity index (χ3n) is 5.71. The summed E-state index contributed by atoms with van der Waals surface area (Å²) in [5, 5.41) is 12.4. The van der Waals surface area contributed by atoms with Crippen LogP contribution in [0.25, 0.3) is 0 Å². The highest BCUT2D eigenvalue weighted by Crippen LogP contribution is 2.27. The van der Waals surface area contributed by atoms with Gasteiger partial charge in [0.1, 0.15) is 0 Å². The second-order valence-electron chi connectivity index (χ2n) is 8.09. The number of hydrogen-bond donors (Lipinski definition) is 2. The molecule has 150 valence electrons. The lowest BCUT2D eigenvalue weighted by atomic mass is 9.92. The molecule has 2 fully saturated rings. The standard InChI is InChI=1S/C19H34FN3O3/c1-14(2)13-21-18(24)15-6-10-22(11-7-15)16-4-3-9-23(19(25)26)17(12-16)5-8-20/h14-17H,3-13H2,1-2H3,(H,21,24)(H,25,26). The molecule has 2 aliphatic rings. The Kier molecular flexibility index (Phi) is 8.13. The molecule has 0 aliphatic carbocycles. The number of carbonyl (C=O) groups is 2. The zero-order valence-corrected chi connectivity index (χ0v) is 16.1. The minimum absolute atomic E-state index is 0.0768. The van der Waals surface area contributed by atoms with Gasteiger partial charge in [-0.2, -0.15) is 0 Å². The van der Waals surface area contributed by atoms with Crippen LogP contribution in [0.3, 0.4) is 0 Å². The summed E-state index contributed by atoms with van der Waals surface area (Å²) in [6.45, 7) is 6.62. The summed E-state index contributed by atoms with van der Waals surface area (Å²) in [7, 11) is 0. The lowest BCUT2D eigenvalue weighted by Crippen LogP contribution is -2.47. The first-order valence-corrected chi connectivity index (χ1v) is 9.99. The Balaban J connectivity index is 1.87. The number of carbonyl (C=O) groups excluding carboxylic acids is 1. The topological polar surface area (TPSA) is 72.9 Å². The van der Waals surface area contributed by atoms with Crippen molar-refractivity contribution in [3.05, 3.63) is 0 Å². The maximum absolute atomic E-state index is 12.9. The van der Waals surface area contributed by atoms with E-state index in [2.05, 4.69) is 24.1 Å². The highest BCUT2D eigenvalue weighted by Gasteiger charge is 2.34. The number of rotatable bonds is 6. The first kappa shape index (κ1) is 20.9. The summed E-state index contributed by atoms with van der Waals surface area (Å²) in [5.41, 5.74) is 0. The van der Waals surface area contributed by atoms with Gasteiger partial charge in [0.25, 0.3) is 0 Å². The van der Waals surface area contributed by atoms with Gasteiger partial charge in [-0.15, -0.1) is 0 Å². The molecule has 0 radical (unpaired) electrons. The molecule has 0 bridgehead atoms. The molecule has 6 nitrogen and oxygen atoms in total. The van der Waals surface area contributed by atoms with Crippen molar-refractivity contribution in [3.8, 4) is 0 Å². The number of carboxylic acid groups (broad SMARTS) is 1. The molecule has 0 aromatic rings. The summed E-state index contributed by atoms with van der Waals surface area (Å²) in [4.78, 5) is 27.5. The molecule has 0 aromatic carbocycles. The Labute approximate surface area is 156 Å². The van der Waals surface area contributed by atoms with E-state index in [4.69, 9.17) is 0 Å². The van der Waals surface area contributed by atoms with Gasteiger partial charge in [-0.3, -0.25) is 9.18 Å². The summed E-state index contributed by atoms with van der Waals surface area (Å²) >= 11 is 0. The fourth-order valence-corrected chi connectivity index (χ4v) is 4.20. The van der Waals surface area contributed by atoms with Crippen molar-refractivity contribution in [1.82, 2.24) is 15.1 Å². The van der Waals surface area contributed by atoms with Crippen LogP contribution in [0.5, 0.6) is 0 Å². The molecule has 2 heterocycles. The number of nitrogens with one attached hydrogen (secondary N) is 1. The number of likely N-dealkylation sites (tertiary alicyclic amines) is 2.